The lowest BCUT2D eigenvalue weighted by molar-refractivity contribution is -0.375. The summed E-state index contributed by atoms with van der Waals surface area (Å²) in [6.45, 7) is -0.290. The molecule has 3 rings (SSSR count). The van der Waals surface area contributed by atoms with Gasteiger partial charge in [0.15, 0.2) is 0 Å². The molecule has 4 nitrogen and oxygen atoms in total. The standard InChI is InChI=1S/C17H14ClF3N2O2/c18-13-5-1-11(2-6-13)10-24-16(17(19,20)21)9-15(23-25-16)12-3-7-14(22)8-4-12/h1-8H,9-10,22H2. The van der Waals surface area contributed by atoms with E-state index in [-0.39, 0.29) is 12.3 Å². The average molecular weight is 371 g/mol. The first-order valence-electron chi connectivity index (χ1n) is 7.35. The molecule has 0 bridgehead atoms. The minimum atomic E-state index is -4.75. The maximum atomic E-state index is 13.6. The van der Waals surface area contributed by atoms with Crippen molar-refractivity contribution in [1.29, 1.82) is 0 Å². The molecule has 2 aromatic rings. The minimum Gasteiger partial charge on any atom is -0.399 e. The molecule has 1 aliphatic rings. The number of hydrogen-bond donors (Lipinski definition) is 1. The van der Waals surface area contributed by atoms with E-state index in [1.165, 1.54) is 0 Å². The fraction of sp³-hybridized carbons (Fsp3) is 0.235. The largest absolute Gasteiger partial charge is 0.458 e. The zero-order valence-corrected chi connectivity index (χ0v) is 13.6. The number of nitrogens with two attached hydrogens (primary N) is 1. The minimum absolute atomic E-state index is 0.147. The third kappa shape index (κ3) is 3.72. The second kappa shape index (κ2) is 6.57. The summed E-state index contributed by atoms with van der Waals surface area (Å²) in [6, 6.07) is 12.7. The average Bonchev–Trinajstić information content (AvgIpc) is 3.01. The van der Waals surface area contributed by atoms with Crippen molar-refractivity contribution in [3.8, 4) is 0 Å². The highest BCUT2D eigenvalue weighted by Gasteiger charge is 2.62. The van der Waals surface area contributed by atoms with Gasteiger partial charge >= 0.3 is 12.0 Å². The van der Waals surface area contributed by atoms with Gasteiger partial charge in [0.05, 0.1) is 18.7 Å². The van der Waals surface area contributed by atoms with E-state index < -0.39 is 18.4 Å². The highest BCUT2D eigenvalue weighted by atomic mass is 35.5. The SMILES string of the molecule is Nc1ccc(C2=NOC(OCc3ccc(Cl)cc3)(C(F)(F)F)C2)cc1. The molecule has 0 aliphatic carbocycles. The summed E-state index contributed by atoms with van der Waals surface area (Å²) < 4.78 is 45.8. The Morgan fingerprint density at radius 2 is 1.76 bits per heavy atom. The Labute approximate surface area is 147 Å². The van der Waals surface area contributed by atoms with E-state index in [4.69, 9.17) is 26.9 Å². The lowest BCUT2D eigenvalue weighted by atomic mass is 10.0. The van der Waals surface area contributed by atoms with Crippen LogP contribution in [0.4, 0.5) is 18.9 Å². The molecular weight excluding hydrogens is 357 g/mol. The van der Waals surface area contributed by atoms with Crippen LogP contribution in [0.5, 0.6) is 0 Å². The summed E-state index contributed by atoms with van der Waals surface area (Å²) in [4.78, 5) is 4.73. The number of hydrogen-bond acceptors (Lipinski definition) is 4. The van der Waals surface area contributed by atoms with Crippen molar-refractivity contribution in [3.63, 3.8) is 0 Å². The van der Waals surface area contributed by atoms with Crippen LogP contribution in [0.2, 0.25) is 5.02 Å². The molecule has 0 radical (unpaired) electrons. The van der Waals surface area contributed by atoms with E-state index >= 15 is 0 Å². The van der Waals surface area contributed by atoms with Gasteiger partial charge in [-0.2, -0.15) is 13.2 Å². The molecule has 132 valence electrons. The molecule has 2 aromatic carbocycles. The van der Waals surface area contributed by atoms with Crippen LogP contribution in [-0.2, 0) is 16.2 Å². The Morgan fingerprint density at radius 3 is 2.36 bits per heavy atom. The third-order valence-corrected chi connectivity index (χ3v) is 4.02. The number of anilines is 1. The Hall–Kier alpha value is -2.25. The number of alkyl halides is 3. The van der Waals surface area contributed by atoms with Crippen LogP contribution in [0.1, 0.15) is 17.5 Å². The number of nitrogens with zero attached hydrogens (tertiary/aromatic N) is 1. The van der Waals surface area contributed by atoms with E-state index in [2.05, 4.69) is 5.16 Å². The molecule has 0 fully saturated rings. The molecule has 0 saturated heterocycles. The quantitative estimate of drug-likeness (QED) is 0.805. The van der Waals surface area contributed by atoms with Gasteiger partial charge in [-0.1, -0.05) is 41.0 Å². The topological polar surface area (TPSA) is 56.8 Å². The lowest BCUT2D eigenvalue weighted by Crippen LogP contribution is -2.47. The third-order valence-electron chi connectivity index (χ3n) is 3.76. The van der Waals surface area contributed by atoms with E-state index in [1.807, 2.05) is 0 Å². The predicted octanol–water partition coefficient (Wildman–Crippen LogP) is 4.52. The number of benzene rings is 2. The second-order valence-corrected chi connectivity index (χ2v) is 6.03. The predicted molar refractivity (Wildman–Crippen MR) is 88.1 cm³/mol. The van der Waals surface area contributed by atoms with Crippen LogP contribution in [0.3, 0.4) is 0 Å². The van der Waals surface area contributed by atoms with Crippen LogP contribution in [0.15, 0.2) is 53.7 Å². The molecule has 8 heteroatoms. The molecule has 1 aliphatic heterocycles. The Bertz CT molecular complexity index is 776. The molecule has 0 spiro atoms. The number of rotatable bonds is 4. The van der Waals surface area contributed by atoms with Gasteiger partial charge in [0.25, 0.3) is 0 Å². The zero-order valence-electron chi connectivity index (χ0n) is 12.9. The van der Waals surface area contributed by atoms with E-state index in [9.17, 15) is 13.2 Å². The Kier molecular flexibility index (Phi) is 4.62. The van der Waals surface area contributed by atoms with Crippen molar-refractivity contribution in [3.05, 3.63) is 64.7 Å². The first-order chi connectivity index (χ1) is 11.8. The number of oxime groups is 1. The summed E-state index contributed by atoms with van der Waals surface area (Å²) >= 11 is 5.76. The van der Waals surface area contributed by atoms with E-state index in [0.717, 1.165) is 0 Å². The summed E-state index contributed by atoms with van der Waals surface area (Å²) in [5, 5.41) is 4.08. The lowest BCUT2D eigenvalue weighted by Gasteiger charge is -2.28. The smallest absolute Gasteiger partial charge is 0.399 e. The monoisotopic (exact) mass is 370 g/mol. The van der Waals surface area contributed by atoms with Gasteiger partial charge in [0, 0.05) is 10.7 Å². The van der Waals surface area contributed by atoms with Gasteiger partial charge in [-0.25, -0.2) is 0 Å². The fourth-order valence-electron chi connectivity index (χ4n) is 2.34. The van der Waals surface area contributed by atoms with Gasteiger partial charge in [-0.3, -0.25) is 0 Å². The first-order valence-corrected chi connectivity index (χ1v) is 7.73. The highest BCUT2D eigenvalue weighted by molar-refractivity contribution is 6.30. The van der Waals surface area contributed by atoms with Crippen LogP contribution in [0.25, 0.3) is 0 Å². The molecular formula is C17H14ClF3N2O2. The zero-order chi connectivity index (χ0) is 18.1. The van der Waals surface area contributed by atoms with Crippen LogP contribution < -0.4 is 5.73 Å². The molecule has 0 amide bonds. The number of nitrogen functional groups attached to an aromatic ring is 1. The van der Waals surface area contributed by atoms with Crippen molar-refractivity contribution < 1.29 is 22.7 Å². The molecule has 2 N–H and O–H groups in total. The summed E-state index contributed by atoms with van der Waals surface area (Å²) in [5.41, 5.74) is 7.27. The molecule has 0 saturated carbocycles. The van der Waals surface area contributed by atoms with Gasteiger partial charge < -0.3 is 15.3 Å². The summed E-state index contributed by atoms with van der Waals surface area (Å²) in [7, 11) is 0. The van der Waals surface area contributed by atoms with Crippen molar-refractivity contribution >= 4 is 23.0 Å². The molecule has 1 unspecified atom stereocenters. The Morgan fingerprint density at radius 1 is 1.12 bits per heavy atom. The maximum Gasteiger partial charge on any atom is 0.458 e. The van der Waals surface area contributed by atoms with Gasteiger partial charge in [0.2, 0.25) is 0 Å². The maximum absolute atomic E-state index is 13.6. The first kappa shape index (κ1) is 17.6. The summed E-state index contributed by atoms with van der Waals surface area (Å²) in [5.74, 6) is -2.82. The molecule has 1 heterocycles. The molecule has 25 heavy (non-hydrogen) atoms. The molecule has 0 aromatic heterocycles. The van der Waals surface area contributed by atoms with Gasteiger partial charge in [-0.05, 0) is 35.4 Å². The fourth-order valence-corrected chi connectivity index (χ4v) is 2.46. The Balaban J connectivity index is 1.77. The van der Waals surface area contributed by atoms with E-state index in [0.29, 0.717) is 21.8 Å². The second-order valence-electron chi connectivity index (χ2n) is 5.59. The van der Waals surface area contributed by atoms with Gasteiger partial charge in [-0.15, -0.1) is 0 Å². The number of halogens is 4. The van der Waals surface area contributed by atoms with Crippen LogP contribution >= 0.6 is 11.6 Å². The van der Waals surface area contributed by atoms with Crippen LogP contribution in [-0.4, -0.2) is 17.7 Å². The van der Waals surface area contributed by atoms with Gasteiger partial charge in [0.1, 0.15) is 0 Å². The normalized spacial score (nSPS) is 20.2. The van der Waals surface area contributed by atoms with E-state index in [1.54, 1.807) is 48.5 Å². The van der Waals surface area contributed by atoms with Crippen molar-refractivity contribution in [2.75, 3.05) is 5.73 Å². The highest BCUT2D eigenvalue weighted by Crippen LogP contribution is 2.42. The summed E-state index contributed by atoms with van der Waals surface area (Å²) in [6.07, 6.45) is -5.30. The number of ether oxygens (including phenoxy) is 1. The van der Waals surface area contributed by atoms with Crippen molar-refractivity contribution in [2.45, 2.75) is 25.0 Å². The van der Waals surface area contributed by atoms with Crippen molar-refractivity contribution in [1.82, 2.24) is 0 Å². The molecule has 1 atom stereocenters. The van der Waals surface area contributed by atoms with Crippen LogP contribution in [0, 0.1) is 0 Å². The van der Waals surface area contributed by atoms with Crippen molar-refractivity contribution in [2.24, 2.45) is 5.16 Å².